The van der Waals surface area contributed by atoms with Gasteiger partial charge in [-0.1, -0.05) is 0 Å². The number of hydrogen-bond acceptors (Lipinski definition) is 6. The van der Waals surface area contributed by atoms with E-state index in [2.05, 4.69) is 10.3 Å². The molecule has 0 unspecified atom stereocenters. The second kappa shape index (κ2) is 10.2. The van der Waals surface area contributed by atoms with Crippen molar-refractivity contribution in [3.05, 3.63) is 17.4 Å². The van der Waals surface area contributed by atoms with Crippen molar-refractivity contribution in [3.63, 3.8) is 0 Å². The first-order chi connectivity index (χ1) is 16.2. The minimum atomic E-state index is -0.693. The maximum Gasteiger partial charge on any atom is 0.297 e. The highest BCUT2D eigenvalue weighted by atomic mass is 19.1. The molecule has 1 aromatic heterocycles. The highest BCUT2D eigenvalue weighted by Crippen LogP contribution is 2.36. The zero-order valence-electron chi connectivity index (χ0n) is 19.9. The Kier molecular flexibility index (Phi) is 7.25. The molecule has 2 aliphatic carbocycles. The molecule has 2 aliphatic rings. The molecule has 0 radical (unpaired) electrons. The van der Waals surface area contributed by atoms with Gasteiger partial charge in [0.2, 0.25) is 5.91 Å². The monoisotopic (exact) mass is 476 g/mol. The average Bonchev–Trinajstić information content (AvgIpc) is 3.54. The number of aromatic nitrogens is 2. The third-order valence-corrected chi connectivity index (χ3v) is 6.37. The second-order valence-electron chi connectivity index (χ2n) is 9.46. The normalized spacial score (nSPS) is 21.3. The number of fused-ring (bicyclic) bond motifs is 1. The predicted octanol–water partition coefficient (Wildman–Crippen LogP) is 2.83. The van der Waals surface area contributed by atoms with Gasteiger partial charge in [0.05, 0.1) is 31.0 Å². The van der Waals surface area contributed by atoms with Crippen molar-refractivity contribution in [2.24, 2.45) is 18.7 Å². The van der Waals surface area contributed by atoms with Crippen LogP contribution in [0, 0.1) is 11.7 Å². The Morgan fingerprint density at radius 1 is 1.24 bits per heavy atom. The number of carbonyl (C=O) groups is 2. The van der Waals surface area contributed by atoms with E-state index in [1.807, 2.05) is 6.92 Å². The Hall–Kier alpha value is -2.88. The Balaban J connectivity index is 1.37. The number of rotatable bonds is 10. The lowest BCUT2D eigenvalue weighted by molar-refractivity contribution is -0.120. The quantitative estimate of drug-likeness (QED) is 0.545. The van der Waals surface area contributed by atoms with E-state index in [0.29, 0.717) is 19.1 Å². The molecule has 2 aromatic rings. The van der Waals surface area contributed by atoms with Crippen molar-refractivity contribution in [3.8, 4) is 11.8 Å². The van der Waals surface area contributed by atoms with Gasteiger partial charge in [-0.05, 0) is 57.4 Å². The Morgan fingerprint density at radius 3 is 2.53 bits per heavy atom. The number of nitrogens with one attached hydrogen (secondary N) is 1. The molecular formula is C24H33FN4O5. The summed E-state index contributed by atoms with van der Waals surface area (Å²) < 4.78 is 34.2. The number of carbonyl (C=O) groups excluding carboxylic acids is 2. The first-order valence-electron chi connectivity index (χ1n) is 11.9. The van der Waals surface area contributed by atoms with Crippen molar-refractivity contribution in [1.82, 2.24) is 14.9 Å². The highest BCUT2D eigenvalue weighted by Gasteiger charge is 2.29. The number of amides is 2. The molecule has 34 heavy (non-hydrogen) atoms. The van der Waals surface area contributed by atoms with E-state index >= 15 is 4.39 Å². The van der Waals surface area contributed by atoms with E-state index in [4.69, 9.17) is 19.9 Å². The van der Waals surface area contributed by atoms with Gasteiger partial charge in [-0.15, -0.1) is 0 Å². The van der Waals surface area contributed by atoms with Crippen LogP contribution in [0.25, 0.3) is 11.0 Å². The van der Waals surface area contributed by atoms with Crippen molar-refractivity contribution >= 4 is 22.8 Å². The minimum Gasteiger partial charge on any atom is -0.487 e. The summed E-state index contributed by atoms with van der Waals surface area (Å²) in [4.78, 5) is 27.5. The fourth-order valence-corrected chi connectivity index (χ4v) is 4.39. The van der Waals surface area contributed by atoms with E-state index in [9.17, 15) is 9.59 Å². The lowest BCUT2D eigenvalue weighted by Crippen LogP contribution is -2.36. The van der Waals surface area contributed by atoms with Crippen LogP contribution in [0.1, 0.15) is 62.7 Å². The molecule has 1 atom stereocenters. The molecule has 2 amide bonds. The van der Waals surface area contributed by atoms with Gasteiger partial charge in [0.25, 0.3) is 11.9 Å². The molecule has 4 rings (SSSR count). The number of benzene rings is 1. The molecule has 0 spiro atoms. The van der Waals surface area contributed by atoms with Crippen LogP contribution in [0.5, 0.6) is 11.8 Å². The van der Waals surface area contributed by atoms with Gasteiger partial charge in [-0.3, -0.25) is 14.2 Å². The third kappa shape index (κ3) is 5.60. The number of imidazole rings is 1. The number of ether oxygens (including phenoxy) is 3. The summed E-state index contributed by atoms with van der Waals surface area (Å²) in [5, 5.41) is 2.82. The molecule has 9 nitrogen and oxygen atoms in total. The smallest absolute Gasteiger partial charge is 0.297 e. The van der Waals surface area contributed by atoms with Gasteiger partial charge in [-0.2, -0.15) is 4.98 Å². The molecule has 0 saturated heterocycles. The molecule has 1 heterocycles. The topological polar surface area (TPSA) is 118 Å². The van der Waals surface area contributed by atoms with Crippen LogP contribution in [0.4, 0.5) is 4.39 Å². The Morgan fingerprint density at radius 2 is 1.91 bits per heavy atom. The molecule has 1 aromatic carbocycles. The summed E-state index contributed by atoms with van der Waals surface area (Å²) in [5.41, 5.74) is 5.97. The predicted molar refractivity (Wildman–Crippen MR) is 123 cm³/mol. The molecule has 3 N–H and O–H groups in total. The Bertz CT molecular complexity index is 1060. The maximum atomic E-state index is 15.2. The van der Waals surface area contributed by atoms with Crippen molar-refractivity contribution in [2.75, 3.05) is 13.2 Å². The maximum absolute atomic E-state index is 15.2. The number of halogens is 1. The van der Waals surface area contributed by atoms with E-state index in [1.54, 1.807) is 7.05 Å². The number of primary amides is 1. The summed E-state index contributed by atoms with van der Waals surface area (Å²) in [7, 11) is 1.65. The summed E-state index contributed by atoms with van der Waals surface area (Å²) in [6.07, 6.45) is 5.56. The summed E-state index contributed by atoms with van der Waals surface area (Å²) in [5.74, 6) is -0.983. The SMILES string of the molecule is CC(=O)N[C@@H](C)COC1CCC(COc2nc3c(C(N)=O)cc(OC4CC4)c(F)c3n2C)CC1. The number of nitrogens with zero attached hydrogens (tertiary/aromatic N) is 2. The zero-order chi connectivity index (χ0) is 24.4. The van der Waals surface area contributed by atoms with Crippen molar-refractivity contribution in [1.29, 1.82) is 0 Å². The zero-order valence-corrected chi connectivity index (χ0v) is 19.9. The fourth-order valence-electron chi connectivity index (χ4n) is 4.39. The largest absolute Gasteiger partial charge is 0.487 e. The van der Waals surface area contributed by atoms with Gasteiger partial charge in [0.15, 0.2) is 11.6 Å². The Labute approximate surface area is 198 Å². The molecule has 2 saturated carbocycles. The number of hydrogen-bond donors (Lipinski definition) is 2. The van der Waals surface area contributed by atoms with Crippen molar-refractivity contribution in [2.45, 2.75) is 70.6 Å². The third-order valence-electron chi connectivity index (χ3n) is 6.37. The number of aryl methyl sites for hydroxylation is 1. The average molecular weight is 477 g/mol. The van der Waals surface area contributed by atoms with Crippen LogP contribution in [-0.2, 0) is 16.6 Å². The lowest BCUT2D eigenvalue weighted by atomic mass is 9.88. The van der Waals surface area contributed by atoms with Crippen LogP contribution < -0.4 is 20.5 Å². The van der Waals surface area contributed by atoms with Gasteiger partial charge < -0.3 is 25.3 Å². The first-order valence-corrected chi connectivity index (χ1v) is 11.9. The van der Waals surface area contributed by atoms with Crippen LogP contribution in [0.3, 0.4) is 0 Å². The van der Waals surface area contributed by atoms with Crippen LogP contribution >= 0.6 is 0 Å². The standard InChI is InChI=1S/C24H33FN4O5/c1-13(27-14(2)30)11-32-16-6-4-15(5-7-16)12-33-24-28-21-18(23(26)31)10-19(34-17-8-9-17)20(25)22(21)29(24)3/h10,13,15-17H,4-9,11-12H2,1-3H3,(H2,26,31)(H,27,30)/t13-,15?,16?/m0/s1. The van der Waals surface area contributed by atoms with E-state index < -0.39 is 11.7 Å². The van der Waals surface area contributed by atoms with Gasteiger partial charge >= 0.3 is 0 Å². The molecule has 0 bridgehead atoms. The molecular weight excluding hydrogens is 443 g/mol. The fraction of sp³-hybridized carbons (Fsp3) is 0.625. The van der Waals surface area contributed by atoms with E-state index in [1.165, 1.54) is 17.6 Å². The lowest BCUT2D eigenvalue weighted by Gasteiger charge is -2.29. The van der Waals surface area contributed by atoms with Crippen LogP contribution in [0.2, 0.25) is 0 Å². The van der Waals surface area contributed by atoms with Crippen molar-refractivity contribution < 1.29 is 28.2 Å². The molecule has 186 valence electrons. The first kappa shape index (κ1) is 24.3. The number of nitrogens with two attached hydrogens (primary N) is 1. The van der Waals surface area contributed by atoms with Gasteiger partial charge in [-0.25, -0.2) is 4.39 Å². The van der Waals surface area contributed by atoms with Crippen LogP contribution in [0.15, 0.2) is 6.07 Å². The van der Waals surface area contributed by atoms with Gasteiger partial charge in [0.1, 0.15) is 11.0 Å². The minimum absolute atomic E-state index is 0.0167. The summed E-state index contributed by atoms with van der Waals surface area (Å²) >= 11 is 0. The molecule has 2 fully saturated rings. The van der Waals surface area contributed by atoms with E-state index in [-0.39, 0.29) is 52.5 Å². The molecule has 10 heteroatoms. The van der Waals surface area contributed by atoms with E-state index in [0.717, 1.165) is 38.5 Å². The second-order valence-corrected chi connectivity index (χ2v) is 9.46. The van der Waals surface area contributed by atoms with Crippen LogP contribution in [-0.4, -0.2) is 52.8 Å². The summed E-state index contributed by atoms with van der Waals surface area (Å²) in [6.45, 7) is 4.35. The van der Waals surface area contributed by atoms with Gasteiger partial charge in [0, 0.05) is 20.0 Å². The highest BCUT2D eigenvalue weighted by molar-refractivity contribution is 6.05. The molecule has 0 aliphatic heterocycles. The summed E-state index contributed by atoms with van der Waals surface area (Å²) in [6, 6.07) is 1.56.